The maximum atomic E-state index is 8.76. The molecule has 0 spiro atoms. The minimum Gasteiger partial charge on any atom is -0.493 e. The van der Waals surface area contributed by atoms with Gasteiger partial charge in [0.25, 0.3) is 0 Å². The molecule has 1 rings (SSSR count). The first kappa shape index (κ1) is 16.1. The molecule has 0 aromatic heterocycles. The molecule has 0 radical (unpaired) electrons. The molecule has 0 amide bonds. The Morgan fingerprint density at radius 2 is 1.85 bits per heavy atom. The minimum atomic E-state index is 0.179. The fourth-order valence-electron chi connectivity index (χ4n) is 2.03. The van der Waals surface area contributed by atoms with Crippen molar-refractivity contribution >= 4 is 0 Å². The average molecular weight is 278 g/mol. The summed E-state index contributed by atoms with van der Waals surface area (Å²) in [7, 11) is 4.78. The Balaban J connectivity index is 2.92. The van der Waals surface area contributed by atoms with E-state index in [1.165, 1.54) is 0 Å². The first-order chi connectivity index (χ1) is 9.71. The molecule has 1 unspecified atom stereocenters. The molecule has 20 heavy (non-hydrogen) atoms. The molecule has 0 fully saturated rings. The van der Waals surface area contributed by atoms with Crippen LogP contribution in [0.1, 0.15) is 25.3 Å². The largest absolute Gasteiger partial charge is 0.493 e. The van der Waals surface area contributed by atoms with E-state index in [-0.39, 0.29) is 6.04 Å². The van der Waals surface area contributed by atoms with Crippen LogP contribution in [0.5, 0.6) is 17.2 Å². The Kier molecular flexibility index (Phi) is 6.68. The Morgan fingerprint density at radius 1 is 1.15 bits per heavy atom. The number of nitrogens with one attached hydrogen (secondary N) is 1. The fraction of sp³-hybridized carbons (Fsp3) is 0.533. The van der Waals surface area contributed by atoms with Gasteiger partial charge in [0.2, 0.25) is 5.75 Å². The second-order valence-corrected chi connectivity index (χ2v) is 4.34. The van der Waals surface area contributed by atoms with Crippen LogP contribution in [0, 0.1) is 11.3 Å². The highest BCUT2D eigenvalue weighted by Gasteiger charge is 2.16. The van der Waals surface area contributed by atoms with Crippen molar-refractivity contribution < 1.29 is 14.2 Å². The zero-order valence-corrected chi connectivity index (χ0v) is 12.5. The van der Waals surface area contributed by atoms with Crippen molar-refractivity contribution in [2.24, 2.45) is 0 Å². The molecular formula is C15H22N2O3. The predicted molar refractivity (Wildman–Crippen MR) is 77.2 cm³/mol. The summed E-state index contributed by atoms with van der Waals surface area (Å²) >= 11 is 0. The molecule has 0 saturated heterocycles. The highest BCUT2D eigenvalue weighted by Crippen LogP contribution is 2.39. The number of methoxy groups -OCH3 is 3. The monoisotopic (exact) mass is 278 g/mol. The number of hydrogen-bond donors (Lipinski definition) is 1. The van der Waals surface area contributed by atoms with Gasteiger partial charge in [0.15, 0.2) is 11.5 Å². The number of nitriles is 1. The van der Waals surface area contributed by atoms with Crippen LogP contribution in [-0.4, -0.2) is 27.4 Å². The third kappa shape index (κ3) is 3.78. The van der Waals surface area contributed by atoms with E-state index >= 15 is 0 Å². The molecule has 0 heterocycles. The van der Waals surface area contributed by atoms with E-state index in [4.69, 9.17) is 19.5 Å². The van der Waals surface area contributed by atoms with Crippen molar-refractivity contribution in [1.29, 1.82) is 5.26 Å². The number of rotatable bonds is 8. The lowest BCUT2D eigenvalue weighted by molar-refractivity contribution is 0.321. The third-order valence-electron chi connectivity index (χ3n) is 3.20. The second kappa shape index (κ2) is 8.28. The van der Waals surface area contributed by atoms with Crippen LogP contribution >= 0.6 is 0 Å². The first-order valence-corrected chi connectivity index (χ1v) is 6.59. The van der Waals surface area contributed by atoms with E-state index in [0.717, 1.165) is 12.0 Å². The van der Waals surface area contributed by atoms with Crippen molar-refractivity contribution in [3.8, 4) is 23.3 Å². The van der Waals surface area contributed by atoms with Gasteiger partial charge < -0.3 is 19.5 Å². The van der Waals surface area contributed by atoms with Crippen LogP contribution in [0.3, 0.4) is 0 Å². The van der Waals surface area contributed by atoms with Gasteiger partial charge in [-0.3, -0.25) is 0 Å². The van der Waals surface area contributed by atoms with E-state index < -0.39 is 0 Å². The highest BCUT2D eigenvalue weighted by molar-refractivity contribution is 5.55. The Hall–Kier alpha value is -1.93. The van der Waals surface area contributed by atoms with Gasteiger partial charge >= 0.3 is 0 Å². The van der Waals surface area contributed by atoms with Crippen molar-refractivity contribution in [2.75, 3.05) is 21.3 Å². The van der Waals surface area contributed by atoms with Crippen molar-refractivity contribution in [3.63, 3.8) is 0 Å². The average Bonchev–Trinajstić information content (AvgIpc) is 2.50. The summed E-state index contributed by atoms with van der Waals surface area (Å²) in [4.78, 5) is 0. The summed E-state index contributed by atoms with van der Waals surface area (Å²) < 4.78 is 16.0. The maximum absolute atomic E-state index is 8.76. The molecule has 5 heteroatoms. The molecule has 5 nitrogen and oxygen atoms in total. The van der Waals surface area contributed by atoms with Crippen LogP contribution in [0.4, 0.5) is 0 Å². The lowest BCUT2D eigenvalue weighted by Crippen LogP contribution is -2.27. The molecule has 0 aliphatic carbocycles. The van der Waals surface area contributed by atoms with Crippen LogP contribution in [0.2, 0.25) is 0 Å². The van der Waals surface area contributed by atoms with Crippen LogP contribution in [-0.2, 0) is 6.54 Å². The van der Waals surface area contributed by atoms with E-state index in [9.17, 15) is 0 Å². The van der Waals surface area contributed by atoms with Gasteiger partial charge in [0.05, 0.1) is 33.8 Å². The number of ether oxygens (including phenoxy) is 3. The van der Waals surface area contributed by atoms with E-state index in [1.807, 2.05) is 12.1 Å². The smallest absolute Gasteiger partial charge is 0.203 e. The molecule has 1 aromatic rings. The normalized spacial score (nSPS) is 11.6. The van der Waals surface area contributed by atoms with Gasteiger partial charge in [0, 0.05) is 18.2 Å². The molecule has 1 aromatic carbocycles. The fourth-order valence-corrected chi connectivity index (χ4v) is 2.03. The zero-order chi connectivity index (χ0) is 15.0. The zero-order valence-electron chi connectivity index (χ0n) is 12.5. The van der Waals surface area contributed by atoms with Gasteiger partial charge in [-0.15, -0.1) is 0 Å². The summed E-state index contributed by atoms with van der Waals surface area (Å²) in [6, 6.07) is 6.15. The molecule has 0 aliphatic rings. The third-order valence-corrected chi connectivity index (χ3v) is 3.20. The molecule has 1 N–H and O–H groups in total. The van der Waals surface area contributed by atoms with E-state index in [1.54, 1.807) is 21.3 Å². The van der Waals surface area contributed by atoms with Crippen molar-refractivity contribution in [2.45, 2.75) is 32.4 Å². The van der Waals surface area contributed by atoms with E-state index in [2.05, 4.69) is 18.3 Å². The Bertz CT molecular complexity index is 469. The number of hydrogen-bond acceptors (Lipinski definition) is 5. The molecule has 0 aliphatic heterocycles. The van der Waals surface area contributed by atoms with Gasteiger partial charge in [-0.1, -0.05) is 13.0 Å². The lowest BCUT2D eigenvalue weighted by atomic mass is 10.1. The summed E-state index contributed by atoms with van der Waals surface area (Å²) in [5.41, 5.74) is 0.974. The van der Waals surface area contributed by atoms with Gasteiger partial charge in [0.1, 0.15) is 0 Å². The predicted octanol–water partition coefficient (Wildman–Crippen LogP) is 2.49. The van der Waals surface area contributed by atoms with Crippen molar-refractivity contribution in [3.05, 3.63) is 17.7 Å². The van der Waals surface area contributed by atoms with Crippen LogP contribution in [0.15, 0.2) is 12.1 Å². The number of nitrogens with zero attached hydrogens (tertiary/aromatic N) is 1. The molecule has 0 bridgehead atoms. The van der Waals surface area contributed by atoms with Gasteiger partial charge in [-0.25, -0.2) is 0 Å². The van der Waals surface area contributed by atoms with Crippen molar-refractivity contribution in [1.82, 2.24) is 5.32 Å². The quantitative estimate of drug-likeness (QED) is 0.791. The van der Waals surface area contributed by atoms with Gasteiger partial charge in [-0.2, -0.15) is 5.26 Å². The topological polar surface area (TPSA) is 63.5 Å². The molecule has 0 saturated carbocycles. The van der Waals surface area contributed by atoms with Gasteiger partial charge in [-0.05, 0) is 12.5 Å². The second-order valence-electron chi connectivity index (χ2n) is 4.34. The highest BCUT2D eigenvalue weighted by atomic mass is 16.5. The molecule has 1 atom stereocenters. The Morgan fingerprint density at radius 3 is 2.35 bits per heavy atom. The SMILES string of the molecule is CCC(CC#N)NCc1ccc(OC)c(OC)c1OC. The summed E-state index contributed by atoms with van der Waals surface area (Å²) in [5, 5.41) is 12.1. The molecule has 110 valence electrons. The standard InChI is InChI=1S/C15H22N2O3/c1-5-12(8-9-16)17-10-11-6-7-13(18-2)15(20-4)14(11)19-3/h6-7,12,17H,5,8,10H2,1-4H3. The van der Waals surface area contributed by atoms with E-state index in [0.29, 0.717) is 30.2 Å². The summed E-state index contributed by atoms with van der Waals surface area (Å²) in [6.07, 6.45) is 1.40. The minimum absolute atomic E-state index is 0.179. The molecular weight excluding hydrogens is 256 g/mol. The Labute approximate surface area is 120 Å². The summed E-state index contributed by atoms with van der Waals surface area (Å²) in [5.74, 6) is 1.88. The maximum Gasteiger partial charge on any atom is 0.203 e. The first-order valence-electron chi connectivity index (χ1n) is 6.59. The van der Waals surface area contributed by atoms with Crippen LogP contribution in [0.25, 0.3) is 0 Å². The lowest BCUT2D eigenvalue weighted by Gasteiger charge is -2.18. The van der Waals surface area contributed by atoms with Crippen LogP contribution < -0.4 is 19.5 Å². The number of benzene rings is 1. The summed E-state index contributed by atoms with van der Waals surface area (Å²) in [6.45, 7) is 2.67.